The Morgan fingerprint density at radius 2 is 2.08 bits per heavy atom. The summed E-state index contributed by atoms with van der Waals surface area (Å²) in [6.45, 7) is 9.44. The van der Waals surface area contributed by atoms with E-state index in [9.17, 15) is 14.5 Å². The number of aliphatic hydroxyl groups is 1. The summed E-state index contributed by atoms with van der Waals surface area (Å²) in [5, 5.41) is 13.2. The van der Waals surface area contributed by atoms with E-state index in [1.165, 1.54) is 17.8 Å². The zero-order chi connectivity index (χ0) is 27.5. The molecule has 1 saturated heterocycles. The van der Waals surface area contributed by atoms with Crippen LogP contribution in [0.5, 0.6) is 0 Å². The molecule has 206 valence electrons. The molecule has 0 aliphatic carbocycles. The van der Waals surface area contributed by atoms with Crippen LogP contribution in [0, 0.1) is 0 Å². The van der Waals surface area contributed by atoms with Gasteiger partial charge < -0.3 is 25.2 Å². The minimum atomic E-state index is -2.61. The van der Waals surface area contributed by atoms with Crippen LogP contribution in [-0.4, -0.2) is 86.2 Å². The minimum absolute atomic E-state index is 0.0368. The first kappa shape index (κ1) is 29.3. The molecule has 13 nitrogen and oxygen atoms in total. The zero-order valence-electron chi connectivity index (χ0n) is 21.3. The van der Waals surface area contributed by atoms with Gasteiger partial charge in [0.2, 0.25) is 5.95 Å². The number of esters is 1. The van der Waals surface area contributed by atoms with Gasteiger partial charge in [-0.1, -0.05) is 5.09 Å². The number of halogens is 2. The van der Waals surface area contributed by atoms with Crippen LogP contribution in [0.2, 0.25) is 0 Å². The van der Waals surface area contributed by atoms with Gasteiger partial charge in [0.15, 0.2) is 29.4 Å². The molecule has 0 radical (unpaired) electrons. The molecule has 2 aromatic rings. The van der Waals surface area contributed by atoms with Gasteiger partial charge in [-0.15, -0.1) is 16.1 Å². The number of rotatable bonds is 12. The molecule has 1 unspecified atom stereocenters. The number of fused-ring (bicyclic) bond motifs is 1. The molecule has 1 aliphatic heterocycles. The number of nitrogens with two attached hydrogens (primary N) is 1. The number of imidazole rings is 1. The monoisotopic (exact) mass is 564 g/mol. The number of aromatic nitrogens is 4. The van der Waals surface area contributed by atoms with Crippen LogP contribution in [0.25, 0.3) is 11.2 Å². The van der Waals surface area contributed by atoms with Gasteiger partial charge in [0.1, 0.15) is 24.4 Å². The van der Waals surface area contributed by atoms with E-state index in [0.29, 0.717) is 24.4 Å². The number of carbonyl (C=O) groups is 1. The van der Waals surface area contributed by atoms with Crippen molar-refractivity contribution in [2.24, 2.45) is 0 Å². The maximum absolute atomic E-state index is 15.4. The predicted molar refractivity (Wildman–Crippen MR) is 135 cm³/mol. The first-order chi connectivity index (χ1) is 17.5. The number of nitrogen functional groups attached to an aromatic ring is 1. The molecule has 2 aromatic heterocycles. The summed E-state index contributed by atoms with van der Waals surface area (Å²) in [6, 6.07) is -0.934. The molecular weight excluding hydrogens is 532 g/mol. The Kier molecular flexibility index (Phi) is 9.59. The van der Waals surface area contributed by atoms with Gasteiger partial charge in [0.05, 0.1) is 18.3 Å². The predicted octanol–water partition coefficient (Wildman–Crippen LogP) is 2.06. The summed E-state index contributed by atoms with van der Waals surface area (Å²) >= 11 is 6.10. The van der Waals surface area contributed by atoms with Gasteiger partial charge in [-0.05, 0) is 39.2 Å². The third-order valence-electron chi connectivity index (χ3n) is 5.88. The second kappa shape index (κ2) is 12.1. The SMILES string of the molecule is CCN(CC)c1nc(N)nc2c1ncn2[C@@H]1O[C@](CCl)(CO[P+](=O)N[C@@H](C)C(=O)OC(C)C)[C@@H](O)[C@H]1F. The highest BCUT2D eigenvalue weighted by Gasteiger charge is 2.57. The summed E-state index contributed by atoms with van der Waals surface area (Å²) in [7, 11) is -2.61. The smallest absolute Gasteiger partial charge is 0.462 e. The fourth-order valence-electron chi connectivity index (χ4n) is 3.90. The van der Waals surface area contributed by atoms with Crippen LogP contribution in [0.1, 0.15) is 40.8 Å². The summed E-state index contributed by atoms with van der Waals surface area (Å²) in [4.78, 5) is 26.7. The normalized spacial score (nSPS) is 25.0. The van der Waals surface area contributed by atoms with Crippen LogP contribution < -0.4 is 15.7 Å². The van der Waals surface area contributed by atoms with Gasteiger partial charge >= 0.3 is 14.1 Å². The minimum Gasteiger partial charge on any atom is -0.462 e. The number of alkyl halides is 2. The molecule has 6 atom stereocenters. The summed E-state index contributed by atoms with van der Waals surface area (Å²) in [5.74, 6) is -0.550. The van der Waals surface area contributed by atoms with Crippen LogP contribution in [0.3, 0.4) is 0 Å². The Hall–Kier alpha value is -2.22. The van der Waals surface area contributed by atoms with Gasteiger partial charge in [-0.2, -0.15) is 9.97 Å². The molecule has 0 saturated carbocycles. The van der Waals surface area contributed by atoms with Crippen molar-refractivity contribution in [1.82, 2.24) is 24.6 Å². The number of nitrogens with zero attached hydrogens (tertiary/aromatic N) is 5. The van der Waals surface area contributed by atoms with E-state index in [2.05, 4.69) is 20.0 Å². The van der Waals surface area contributed by atoms with Crippen molar-refractivity contribution in [1.29, 1.82) is 0 Å². The second-order valence-electron chi connectivity index (χ2n) is 8.86. The van der Waals surface area contributed by atoms with Crippen molar-refractivity contribution in [3.8, 4) is 0 Å². The molecule has 16 heteroatoms. The number of nitrogens with one attached hydrogen (secondary N) is 1. The highest BCUT2D eigenvalue weighted by atomic mass is 35.5. The van der Waals surface area contributed by atoms with Crippen LogP contribution >= 0.6 is 19.8 Å². The fraction of sp³-hybridized carbons (Fsp3) is 0.714. The second-order valence-corrected chi connectivity index (χ2v) is 10.2. The fourth-order valence-corrected chi connectivity index (χ4v) is 5.03. The average Bonchev–Trinajstić information content (AvgIpc) is 3.37. The van der Waals surface area contributed by atoms with E-state index in [1.807, 2.05) is 18.7 Å². The Balaban J connectivity index is 1.81. The van der Waals surface area contributed by atoms with Crippen molar-refractivity contribution in [3.63, 3.8) is 0 Å². The van der Waals surface area contributed by atoms with Crippen molar-refractivity contribution in [2.75, 3.05) is 36.2 Å². The van der Waals surface area contributed by atoms with Crippen LogP contribution in [-0.2, 0) is 23.4 Å². The van der Waals surface area contributed by atoms with E-state index in [1.54, 1.807) is 13.8 Å². The maximum atomic E-state index is 15.4. The van der Waals surface area contributed by atoms with E-state index in [0.717, 1.165) is 0 Å². The van der Waals surface area contributed by atoms with Crippen LogP contribution in [0.15, 0.2) is 6.33 Å². The summed E-state index contributed by atoms with van der Waals surface area (Å²) in [5.41, 5.74) is 4.77. The van der Waals surface area contributed by atoms with Gasteiger partial charge in [-0.25, -0.2) is 9.37 Å². The lowest BCUT2D eigenvalue weighted by atomic mass is 9.99. The first-order valence-corrected chi connectivity index (χ1v) is 13.6. The van der Waals surface area contributed by atoms with Crippen molar-refractivity contribution in [2.45, 2.75) is 70.9 Å². The quantitative estimate of drug-likeness (QED) is 0.195. The van der Waals surface area contributed by atoms with E-state index in [-0.39, 0.29) is 23.6 Å². The largest absolute Gasteiger partial charge is 0.613 e. The number of carbonyl (C=O) groups excluding carboxylic acids is 1. The molecule has 0 amide bonds. The molecule has 3 heterocycles. The molecule has 4 N–H and O–H groups in total. The van der Waals surface area contributed by atoms with Crippen LogP contribution in [0.4, 0.5) is 16.2 Å². The number of aliphatic hydroxyl groups excluding tert-OH is 1. The molecule has 1 aliphatic rings. The molecule has 0 bridgehead atoms. The lowest BCUT2D eigenvalue weighted by Crippen LogP contribution is -2.47. The third kappa shape index (κ3) is 6.10. The lowest BCUT2D eigenvalue weighted by molar-refractivity contribution is -0.149. The number of hydrogen-bond donors (Lipinski definition) is 3. The maximum Gasteiger partial charge on any atom is 0.613 e. The first-order valence-electron chi connectivity index (χ1n) is 11.9. The van der Waals surface area contributed by atoms with Gasteiger partial charge in [-0.3, -0.25) is 9.36 Å². The van der Waals surface area contributed by atoms with E-state index >= 15 is 4.39 Å². The van der Waals surface area contributed by atoms with Gasteiger partial charge in [0.25, 0.3) is 0 Å². The average molecular weight is 565 g/mol. The van der Waals surface area contributed by atoms with Crippen molar-refractivity contribution < 1.29 is 32.9 Å². The third-order valence-corrected chi connectivity index (χ3v) is 7.30. The Labute approximate surface area is 219 Å². The van der Waals surface area contributed by atoms with E-state index < -0.39 is 50.9 Å². The Morgan fingerprint density at radius 1 is 1.41 bits per heavy atom. The molecule has 1 fully saturated rings. The molecular formula is C21H33ClFN7O6P+. The zero-order valence-corrected chi connectivity index (χ0v) is 22.9. The topological polar surface area (TPSA) is 167 Å². The van der Waals surface area contributed by atoms with Crippen molar-refractivity contribution >= 4 is 48.7 Å². The van der Waals surface area contributed by atoms with Gasteiger partial charge in [0, 0.05) is 13.1 Å². The molecule has 3 rings (SSSR count). The standard InChI is InChI=1S/C21H33ClFN7O6P/c1-6-29(7-2)16-14-17(27-20(24)26-16)30(10-25-14)18-13(23)15(31)21(8-22,36-18)9-34-37(33)28-12(5)19(32)35-11(3)4/h10-13,15,18,31H,6-9H2,1-5H3,(H,28,33)(H2,24,26,27)/q+1/t12-,13+,15-,18+,21+/m0/s1. The Morgan fingerprint density at radius 3 is 2.68 bits per heavy atom. The lowest BCUT2D eigenvalue weighted by Gasteiger charge is -2.26. The van der Waals surface area contributed by atoms with Crippen molar-refractivity contribution in [3.05, 3.63) is 6.33 Å². The molecule has 0 spiro atoms. The highest BCUT2D eigenvalue weighted by molar-refractivity contribution is 7.36. The molecule has 0 aromatic carbocycles. The van der Waals surface area contributed by atoms with E-state index in [4.69, 9.17) is 31.3 Å². The summed E-state index contributed by atoms with van der Waals surface area (Å²) in [6.07, 6.45) is -4.10. The molecule has 37 heavy (non-hydrogen) atoms. The summed E-state index contributed by atoms with van der Waals surface area (Å²) < 4.78 is 45.4. The Bertz CT molecular complexity index is 1120. The number of anilines is 2. The highest BCUT2D eigenvalue weighted by Crippen LogP contribution is 2.42. The number of hydrogen-bond acceptors (Lipinski definition) is 11. The number of ether oxygens (including phenoxy) is 2.